The van der Waals surface area contributed by atoms with E-state index >= 15 is 0 Å². The summed E-state index contributed by atoms with van der Waals surface area (Å²) in [5.74, 6) is 0.910. The van der Waals surface area contributed by atoms with E-state index in [-0.39, 0.29) is 0 Å². The Morgan fingerprint density at radius 2 is 2.11 bits per heavy atom. The van der Waals surface area contributed by atoms with Gasteiger partial charge in [-0.2, -0.15) is 0 Å². The lowest BCUT2D eigenvalue weighted by Crippen LogP contribution is -2.56. The van der Waals surface area contributed by atoms with Crippen LogP contribution >= 0.6 is 22.9 Å². The molecule has 0 aromatic carbocycles. The van der Waals surface area contributed by atoms with Gasteiger partial charge in [-0.05, 0) is 56.3 Å². The van der Waals surface area contributed by atoms with Gasteiger partial charge < -0.3 is 10.2 Å². The van der Waals surface area contributed by atoms with Crippen molar-refractivity contribution in [3.05, 3.63) is 20.8 Å². The molecule has 18 heavy (non-hydrogen) atoms. The maximum absolute atomic E-state index is 6.13. The first kappa shape index (κ1) is 11.7. The molecular formula is C14H19ClN2S. The maximum atomic E-state index is 6.13. The zero-order valence-corrected chi connectivity index (χ0v) is 12.1. The van der Waals surface area contributed by atoms with E-state index in [0.717, 1.165) is 10.3 Å². The number of piperidine rings is 3. The second-order valence-corrected chi connectivity index (χ2v) is 7.70. The van der Waals surface area contributed by atoms with Crippen molar-refractivity contribution in [2.75, 3.05) is 19.6 Å². The molecule has 1 N–H and O–H groups in total. The molecule has 1 aromatic rings. The zero-order valence-electron chi connectivity index (χ0n) is 10.5. The van der Waals surface area contributed by atoms with Crippen LogP contribution in [0.15, 0.2) is 6.07 Å². The minimum absolute atomic E-state index is 0.564. The van der Waals surface area contributed by atoms with Crippen molar-refractivity contribution in [2.45, 2.75) is 37.8 Å². The van der Waals surface area contributed by atoms with Crippen molar-refractivity contribution in [2.24, 2.45) is 5.92 Å². The predicted molar refractivity (Wildman–Crippen MR) is 76.5 cm³/mol. The third kappa shape index (κ3) is 1.92. The maximum Gasteiger partial charge on any atom is 0.0934 e. The number of fused-ring (bicyclic) bond motifs is 4. The average Bonchev–Trinajstić information content (AvgIpc) is 2.92. The fourth-order valence-corrected chi connectivity index (χ4v) is 5.27. The van der Waals surface area contributed by atoms with E-state index in [1.807, 2.05) is 0 Å². The van der Waals surface area contributed by atoms with Gasteiger partial charge >= 0.3 is 0 Å². The highest BCUT2D eigenvalue weighted by Crippen LogP contribution is 2.40. The number of aryl methyl sites for hydroxylation is 1. The molecule has 3 fully saturated rings. The van der Waals surface area contributed by atoms with Crippen LogP contribution in [0.4, 0.5) is 0 Å². The van der Waals surface area contributed by atoms with Crippen molar-refractivity contribution in [3.63, 3.8) is 0 Å². The van der Waals surface area contributed by atoms with E-state index in [1.54, 1.807) is 11.3 Å². The van der Waals surface area contributed by atoms with Crippen LogP contribution in [0.1, 0.15) is 35.7 Å². The summed E-state index contributed by atoms with van der Waals surface area (Å²) < 4.78 is 0.959. The molecule has 2 unspecified atom stereocenters. The van der Waals surface area contributed by atoms with Crippen LogP contribution in [0.25, 0.3) is 0 Å². The molecular weight excluding hydrogens is 264 g/mol. The fraction of sp³-hybridized carbons (Fsp3) is 0.714. The Labute approximate surface area is 117 Å². The highest BCUT2D eigenvalue weighted by molar-refractivity contribution is 7.16. The first-order chi connectivity index (χ1) is 8.79. The van der Waals surface area contributed by atoms with Gasteiger partial charge in [0, 0.05) is 23.5 Å². The number of rotatable bonds is 2. The van der Waals surface area contributed by atoms with Crippen LogP contribution in [0.5, 0.6) is 0 Å². The molecule has 4 heteroatoms. The molecule has 1 aliphatic carbocycles. The van der Waals surface area contributed by atoms with Crippen LogP contribution in [-0.2, 0) is 6.42 Å². The molecule has 5 rings (SSSR count). The number of halogens is 1. The third-order valence-electron chi connectivity index (χ3n) is 4.92. The van der Waals surface area contributed by atoms with Crippen molar-refractivity contribution in [1.82, 2.24) is 10.2 Å². The molecule has 4 aliphatic rings. The summed E-state index contributed by atoms with van der Waals surface area (Å²) in [6.07, 6.45) is 5.26. The van der Waals surface area contributed by atoms with Crippen molar-refractivity contribution in [3.8, 4) is 0 Å². The van der Waals surface area contributed by atoms with E-state index in [4.69, 9.17) is 11.6 Å². The third-order valence-corrected chi connectivity index (χ3v) is 6.26. The normalized spacial score (nSPS) is 38.1. The fourth-order valence-electron chi connectivity index (χ4n) is 3.92. The van der Waals surface area contributed by atoms with Crippen molar-refractivity contribution >= 4 is 22.9 Å². The Kier molecular flexibility index (Phi) is 2.92. The van der Waals surface area contributed by atoms with Gasteiger partial charge in [-0.3, -0.25) is 0 Å². The summed E-state index contributed by atoms with van der Waals surface area (Å²) in [5.41, 5.74) is 1.49. The summed E-state index contributed by atoms with van der Waals surface area (Å²) in [5, 5.41) is 3.93. The molecule has 98 valence electrons. The van der Waals surface area contributed by atoms with E-state index < -0.39 is 0 Å². The molecule has 2 atom stereocenters. The van der Waals surface area contributed by atoms with Crippen LogP contribution < -0.4 is 5.32 Å². The van der Waals surface area contributed by atoms with Gasteiger partial charge in [-0.15, -0.1) is 11.3 Å². The van der Waals surface area contributed by atoms with E-state index in [9.17, 15) is 0 Å². The monoisotopic (exact) mass is 282 g/mol. The molecule has 3 aliphatic heterocycles. The summed E-state index contributed by atoms with van der Waals surface area (Å²) in [4.78, 5) is 4.13. The zero-order chi connectivity index (χ0) is 12.1. The van der Waals surface area contributed by atoms with E-state index in [0.29, 0.717) is 12.1 Å². The van der Waals surface area contributed by atoms with Gasteiger partial charge in [0.2, 0.25) is 0 Å². The van der Waals surface area contributed by atoms with E-state index in [2.05, 4.69) is 16.3 Å². The van der Waals surface area contributed by atoms with Gasteiger partial charge in [0.1, 0.15) is 0 Å². The van der Waals surface area contributed by atoms with Crippen LogP contribution in [0, 0.1) is 5.92 Å². The molecule has 3 saturated heterocycles. The summed E-state index contributed by atoms with van der Waals surface area (Å²) in [6.45, 7) is 3.90. The van der Waals surface area contributed by atoms with Gasteiger partial charge in [-0.1, -0.05) is 11.6 Å². The van der Waals surface area contributed by atoms with Gasteiger partial charge in [0.05, 0.1) is 4.34 Å². The van der Waals surface area contributed by atoms with Crippen LogP contribution in [0.3, 0.4) is 0 Å². The molecule has 2 bridgehead atoms. The standard InChI is InChI=1S/C14H19ClN2S/c15-14-7-10-11(1-2-13(10)18-14)16-12-8-17-5-3-9(12)4-6-17/h7,9,11-12,16H,1-6,8H2. The lowest BCUT2D eigenvalue weighted by atomic mass is 9.83. The smallest absolute Gasteiger partial charge is 0.0934 e. The topological polar surface area (TPSA) is 15.3 Å². The predicted octanol–water partition coefficient (Wildman–Crippen LogP) is 3.07. The lowest BCUT2D eigenvalue weighted by molar-refractivity contribution is 0.0670. The Morgan fingerprint density at radius 1 is 1.28 bits per heavy atom. The van der Waals surface area contributed by atoms with Gasteiger partial charge in [0.25, 0.3) is 0 Å². The first-order valence-electron chi connectivity index (χ1n) is 7.06. The Hall–Kier alpha value is -0.0900. The van der Waals surface area contributed by atoms with Crippen LogP contribution in [0.2, 0.25) is 4.34 Å². The molecule has 0 spiro atoms. The molecule has 1 aromatic heterocycles. The molecule has 4 heterocycles. The average molecular weight is 283 g/mol. The second kappa shape index (κ2) is 4.48. The molecule has 0 amide bonds. The summed E-state index contributed by atoms with van der Waals surface area (Å²) in [6, 6.07) is 3.46. The second-order valence-electron chi connectivity index (χ2n) is 5.93. The number of thiophene rings is 1. The Balaban J connectivity index is 1.49. The highest BCUT2D eigenvalue weighted by atomic mass is 35.5. The lowest BCUT2D eigenvalue weighted by Gasteiger charge is -2.46. The van der Waals surface area contributed by atoms with Crippen molar-refractivity contribution < 1.29 is 0 Å². The first-order valence-corrected chi connectivity index (χ1v) is 8.25. The number of nitrogens with zero attached hydrogens (tertiary/aromatic N) is 1. The molecule has 2 nitrogen and oxygen atoms in total. The summed E-state index contributed by atoms with van der Waals surface area (Å²) >= 11 is 7.90. The van der Waals surface area contributed by atoms with Gasteiger partial charge in [-0.25, -0.2) is 0 Å². The Morgan fingerprint density at radius 3 is 2.83 bits per heavy atom. The molecule has 0 saturated carbocycles. The highest BCUT2D eigenvalue weighted by Gasteiger charge is 2.36. The Bertz CT molecular complexity index is 451. The van der Waals surface area contributed by atoms with Gasteiger partial charge in [0.15, 0.2) is 0 Å². The number of hydrogen-bond acceptors (Lipinski definition) is 3. The van der Waals surface area contributed by atoms with Crippen molar-refractivity contribution in [1.29, 1.82) is 0 Å². The SMILES string of the molecule is Clc1cc2c(s1)CCC2NC1CN2CCC1CC2. The minimum Gasteiger partial charge on any atom is -0.306 e. The quantitative estimate of drug-likeness (QED) is 0.897. The number of hydrogen-bond donors (Lipinski definition) is 1. The number of nitrogens with one attached hydrogen (secondary N) is 1. The van der Waals surface area contributed by atoms with Crippen LogP contribution in [-0.4, -0.2) is 30.6 Å². The van der Waals surface area contributed by atoms with E-state index in [1.165, 1.54) is 55.8 Å². The largest absolute Gasteiger partial charge is 0.306 e. The minimum atomic E-state index is 0.564. The summed E-state index contributed by atoms with van der Waals surface area (Å²) in [7, 11) is 0. The molecule has 0 radical (unpaired) electrons.